The van der Waals surface area contributed by atoms with Crippen molar-refractivity contribution in [1.29, 1.82) is 0 Å². The molecule has 1 amide bonds. The van der Waals surface area contributed by atoms with Crippen LogP contribution in [0.2, 0.25) is 0 Å². The molecule has 0 aliphatic carbocycles. The van der Waals surface area contributed by atoms with E-state index in [1.807, 2.05) is 25.1 Å². The lowest BCUT2D eigenvalue weighted by atomic mass is 10.1. The minimum Gasteiger partial charge on any atom is -0.348 e. The maximum atomic E-state index is 13.4. The van der Waals surface area contributed by atoms with Gasteiger partial charge in [-0.1, -0.05) is 47.3 Å². The summed E-state index contributed by atoms with van der Waals surface area (Å²) < 4.78 is 15.0. The van der Waals surface area contributed by atoms with Gasteiger partial charge in [0.2, 0.25) is 0 Å². The minimum atomic E-state index is -0.349. The summed E-state index contributed by atoms with van der Waals surface area (Å²) in [6.45, 7) is 1.97. The lowest BCUT2D eigenvalue weighted by molar-refractivity contribution is 0.0932. The summed E-state index contributed by atoms with van der Waals surface area (Å²) in [4.78, 5) is 21.5. The van der Waals surface area contributed by atoms with Crippen LogP contribution in [-0.2, 0) is 12.2 Å². The van der Waals surface area contributed by atoms with E-state index < -0.39 is 0 Å². The molecule has 0 radical (unpaired) electrons. The number of aryl methyl sites for hydroxylation is 1. The Balaban J connectivity index is 1.51. The second kappa shape index (κ2) is 10.8. The zero-order chi connectivity index (χ0) is 23.0. The Morgan fingerprint density at radius 3 is 2.52 bits per heavy atom. The Morgan fingerprint density at radius 2 is 1.79 bits per heavy atom. The number of hydrogen-bond acceptors (Lipinski definition) is 6. The summed E-state index contributed by atoms with van der Waals surface area (Å²) in [6, 6.07) is 17.7. The highest BCUT2D eigenvalue weighted by Crippen LogP contribution is 2.23. The lowest BCUT2D eigenvalue weighted by Crippen LogP contribution is -2.33. The smallest absolute Gasteiger partial charge is 0.274 e. The molecule has 0 spiro atoms. The Bertz CT molecular complexity index is 1180. The van der Waals surface area contributed by atoms with Crippen LogP contribution in [0.3, 0.4) is 0 Å². The van der Waals surface area contributed by atoms with Crippen molar-refractivity contribution in [3.05, 3.63) is 95.8 Å². The molecule has 0 aliphatic heterocycles. The van der Waals surface area contributed by atoms with Gasteiger partial charge < -0.3 is 5.32 Å². The summed E-state index contributed by atoms with van der Waals surface area (Å²) in [5.41, 5.74) is 2.66. The highest BCUT2D eigenvalue weighted by molar-refractivity contribution is 7.98. The third kappa shape index (κ3) is 6.01. The number of nitrogens with zero attached hydrogens (tertiary/aromatic N) is 5. The van der Waals surface area contributed by atoms with Crippen molar-refractivity contribution in [3.8, 4) is 5.69 Å². The van der Waals surface area contributed by atoms with Crippen molar-refractivity contribution in [3.63, 3.8) is 0 Å². The van der Waals surface area contributed by atoms with Crippen molar-refractivity contribution in [2.75, 3.05) is 0 Å². The van der Waals surface area contributed by atoms with Crippen LogP contribution >= 0.6 is 11.8 Å². The van der Waals surface area contributed by atoms with E-state index >= 15 is 0 Å². The van der Waals surface area contributed by atoms with Crippen molar-refractivity contribution in [2.45, 2.75) is 36.7 Å². The molecule has 0 bridgehead atoms. The highest BCUT2D eigenvalue weighted by atomic mass is 32.2. The van der Waals surface area contributed by atoms with Crippen molar-refractivity contribution < 1.29 is 9.18 Å². The Morgan fingerprint density at radius 1 is 1.06 bits per heavy atom. The number of hydrogen-bond donors (Lipinski definition) is 1. The molecule has 2 heterocycles. The Labute approximate surface area is 195 Å². The molecule has 1 unspecified atom stereocenters. The average molecular weight is 463 g/mol. The van der Waals surface area contributed by atoms with E-state index in [9.17, 15) is 9.18 Å². The van der Waals surface area contributed by atoms with Crippen LogP contribution in [0.15, 0.2) is 78.2 Å². The van der Waals surface area contributed by atoms with Gasteiger partial charge in [0.15, 0.2) is 10.9 Å². The quantitative estimate of drug-likeness (QED) is 0.296. The van der Waals surface area contributed by atoms with Crippen LogP contribution in [0.4, 0.5) is 4.39 Å². The number of amides is 1. The zero-order valence-electron chi connectivity index (χ0n) is 18.1. The van der Waals surface area contributed by atoms with Crippen molar-refractivity contribution in [1.82, 2.24) is 30.3 Å². The monoisotopic (exact) mass is 462 g/mol. The number of nitrogens with one attached hydrogen (secondary N) is 1. The van der Waals surface area contributed by atoms with Crippen LogP contribution in [-0.4, -0.2) is 36.9 Å². The molecule has 0 fully saturated rings. The largest absolute Gasteiger partial charge is 0.348 e. The first-order valence-electron chi connectivity index (χ1n) is 10.6. The number of rotatable bonds is 9. The maximum absolute atomic E-state index is 13.4. The molecule has 168 valence electrons. The molecule has 1 atom stereocenters. The maximum Gasteiger partial charge on any atom is 0.274 e. The van der Waals surface area contributed by atoms with Gasteiger partial charge in [-0.15, -0.1) is 5.10 Å². The van der Waals surface area contributed by atoms with Gasteiger partial charge >= 0.3 is 0 Å². The fourth-order valence-electron chi connectivity index (χ4n) is 3.28. The predicted molar refractivity (Wildman–Crippen MR) is 125 cm³/mol. The van der Waals surface area contributed by atoms with E-state index in [4.69, 9.17) is 0 Å². The first-order chi connectivity index (χ1) is 16.1. The summed E-state index contributed by atoms with van der Waals surface area (Å²) in [6.07, 6.45) is 4.97. The lowest BCUT2D eigenvalue weighted by Gasteiger charge is -2.14. The number of halogens is 1. The van der Waals surface area contributed by atoms with E-state index in [0.29, 0.717) is 22.3 Å². The fraction of sp³-hybridized carbons (Fsp3) is 0.208. The van der Waals surface area contributed by atoms with E-state index in [0.717, 1.165) is 12.8 Å². The number of aromatic nitrogens is 5. The summed E-state index contributed by atoms with van der Waals surface area (Å²) in [7, 11) is 0. The van der Waals surface area contributed by atoms with Crippen LogP contribution < -0.4 is 5.32 Å². The van der Waals surface area contributed by atoms with Gasteiger partial charge in [0.05, 0.1) is 11.4 Å². The predicted octanol–water partition coefficient (Wildman–Crippen LogP) is 4.24. The second-order valence-corrected chi connectivity index (χ2v) is 8.43. The molecule has 0 saturated carbocycles. The van der Waals surface area contributed by atoms with Crippen molar-refractivity contribution in [2.24, 2.45) is 0 Å². The summed E-state index contributed by atoms with van der Waals surface area (Å²) in [5.74, 6) is -0.276. The van der Waals surface area contributed by atoms with E-state index in [-0.39, 0.29) is 23.5 Å². The molecule has 1 N–H and O–H groups in total. The fourth-order valence-corrected chi connectivity index (χ4v) is 4.08. The Kier molecular flexibility index (Phi) is 7.41. The van der Waals surface area contributed by atoms with Gasteiger partial charge in [-0.2, -0.15) is 0 Å². The first-order valence-corrected chi connectivity index (χ1v) is 11.5. The summed E-state index contributed by atoms with van der Waals surface area (Å²) >= 11 is 1.37. The van der Waals surface area contributed by atoms with Crippen LogP contribution in [0.5, 0.6) is 0 Å². The number of benzene rings is 2. The molecule has 4 aromatic rings. The highest BCUT2D eigenvalue weighted by Gasteiger charge is 2.22. The number of carbonyl (C=O) groups excluding carboxylic acids is 1. The standard InChI is InChI=1S/C24H23FN6OS/c1-17(8-9-18-6-3-2-4-7-18)28-23(32)22-21(16-33-24-26-14-5-15-27-24)31(30-29-22)20-12-10-19(25)11-13-20/h2-7,10-15,17H,8-9,16H2,1H3,(H,28,32). The van der Waals surface area contributed by atoms with Crippen LogP contribution in [0.25, 0.3) is 5.69 Å². The molecule has 2 aromatic heterocycles. The number of thioether (sulfide) groups is 1. The summed E-state index contributed by atoms with van der Waals surface area (Å²) in [5, 5.41) is 11.9. The van der Waals surface area contributed by atoms with Gasteiger partial charge in [-0.3, -0.25) is 4.79 Å². The molecular formula is C24H23FN6OS. The molecule has 33 heavy (non-hydrogen) atoms. The van der Waals surface area contributed by atoms with Gasteiger partial charge in [0.25, 0.3) is 5.91 Å². The van der Waals surface area contributed by atoms with Crippen LogP contribution in [0, 0.1) is 5.82 Å². The van der Waals surface area contributed by atoms with Crippen molar-refractivity contribution >= 4 is 17.7 Å². The normalized spacial score (nSPS) is 11.8. The van der Waals surface area contributed by atoms with Gasteiger partial charge in [-0.25, -0.2) is 19.0 Å². The molecule has 0 saturated heterocycles. The molecular weight excluding hydrogens is 439 g/mol. The molecule has 9 heteroatoms. The third-order valence-electron chi connectivity index (χ3n) is 5.02. The topological polar surface area (TPSA) is 85.6 Å². The van der Waals surface area contributed by atoms with Gasteiger partial charge in [0, 0.05) is 24.2 Å². The second-order valence-electron chi connectivity index (χ2n) is 7.49. The van der Waals surface area contributed by atoms with Gasteiger partial charge in [-0.05, 0) is 55.7 Å². The van der Waals surface area contributed by atoms with E-state index in [1.54, 1.807) is 35.3 Å². The third-order valence-corrected chi connectivity index (χ3v) is 5.90. The minimum absolute atomic E-state index is 0.0494. The molecule has 4 rings (SSSR count). The Hall–Kier alpha value is -3.59. The molecule has 2 aromatic carbocycles. The SMILES string of the molecule is CC(CCc1ccccc1)NC(=O)c1nnn(-c2ccc(F)cc2)c1CSc1ncccn1. The first kappa shape index (κ1) is 22.6. The van der Waals surface area contributed by atoms with E-state index in [2.05, 4.69) is 37.7 Å². The zero-order valence-corrected chi connectivity index (χ0v) is 18.9. The van der Waals surface area contributed by atoms with E-state index in [1.165, 1.54) is 29.5 Å². The average Bonchev–Trinajstić information content (AvgIpc) is 3.27. The molecule has 0 aliphatic rings. The van der Waals surface area contributed by atoms with Gasteiger partial charge in [0.1, 0.15) is 5.82 Å². The molecule has 7 nitrogen and oxygen atoms in total. The van der Waals surface area contributed by atoms with Crippen LogP contribution in [0.1, 0.15) is 35.1 Å². The number of carbonyl (C=O) groups is 1.